The van der Waals surface area contributed by atoms with Gasteiger partial charge in [-0.2, -0.15) is 0 Å². The second kappa shape index (κ2) is 12.1. The van der Waals surface area contributed by atoms with Crippen LogP contribution in [0.3, 0.4) is 0 Å². The molecule has 0 spiro atoms. The van der Waals surface area contributed by atoms with Gasteiger partial charge in [-0.05, 0) is 47.2 Å². The van der Waals surface area contributed by atoms with E-state index < -0.39 is 29.9 Å². The third-order valence-electron chi connectivity index (χ3n) is 8.79. The number of rotatable bonds is 8. The number of benzene rings is 4. The molecule has 7 nitrogen and oxygen atoms in total. The van der Waals surface area contributed by atoms with Crippen LogP contribution >= 0.6 is 0 Å². The number of hydrogen-bond donors (Lipinski definition) is 1. The molecule has 4 aromatic carbocycles. The maximum absolute atomic E-state index is 14.5. The topological polar surface area (TPSA) is 87.2 Å². The summed E-state index contributed by atoms with van der Waals surface area (Å²) in [4.78, 5) is 45.2. The number of fused-ring (bicyclic) bond motifs is 2. The molecule has 0 saturated carbocycles. The maximum Gasteiger partial charge on any atom is 0.328 e. The van der Waals surface area contributed by atoms with Gasteiger partial charge in [0.25, 0.3) is 0 Å². The molecule has 2 amide bonds. The van der Waals surface area contributed by atoms with Crippen LogP contribution in [0, 0.1) is 0 Å². The van der Waals surface area contributed by atoms with Gasteiger partial charge in [0.05, 0.1) is 25.0 Å². The Labute approximate surface area is 251 Å². The van der Waals surface area contributed by atoms with Gasteiger partial charge in [0.1, 0.15) is 11.8 Å². The van der Waals surface area contributed by atoms with E-state index in [0.29, 0.717) is 18.6 Å². The first kappa shape index (κ1) is 28.2. The minimum absolute atomic E-state index is 0.127. The SMILES string of the molecule is COc1ccc(C(C(=O)N2C[C@@H]3CC[C@H]([C@H]2C(=O)O)N3C(=O)C(c2ccccc2)c2ccccc2)c2ccccc2)cc1. The van der Waals surface area contributed by atoms with Crippen LogP contribution in [0.1, 0.15) is 46.9 Å². The molecule has 2 aliphatic rings. The van der Waals surface area contributed by atoms with Crippen molar-refractivity contribution in [1.82, 2.24) is 9.80 Å². The largest absolute Gasteiger partial charge is 0.497 e. The fraction of sp³-hybridized carbons (Fsp3) is 0.250. The second-order valence-electron chi connectivity index (χ2n) is 11.2. The molecular formula is C36H34N2O5. The normalized spacial score (nSPS) is 20.1. The minimum atomic E-state index is -1.16. The van der Waals surface area contributed by atoms with Crippen molar-refractivity contribution in [2.45, 2.75) is 42.8 Å². The fourth-order valence-electron chi connectivity index (χ4n) is 6.82. The lowest BCUT2D eigenvalue weighted by atomic mass is 9.87. The second-order valence-corrected chi connectivity index (χ2v) is 11.2. The number of nitrogens with zero attached hydrogens (tertiary/aromatic N) is 2. The van der Waals surface area contributed by atoms with Crippen LogP contribution in [-0.4, -0.2) is 64.5 Å². The number of carbonyl (C=O) groups excluding carboxylic acids is 2. The molecule has 0 radical (unpaired) electrons. The summed E-state index contributed by atoms with van der Waals surface area (Å²) >= 11 is 0. The van der Waals surface area contributed by atoms with Crippen LogP contribution in [0.25, 0.3) is 0 Å². The highest BCUT2D eigenvalue weighted by atomic mass is 16.5. The molecule has 218 valence electrons. The highest BCUT2D eigenvalue weighted by molar-refractivity contribution is 5.93. The first-order valence-corrected chi connectivity index (χ1v) is 14.6. The lowest BCUT2D eigenvalue weighted by Crippen LogP contribution is -2.66. The molecule has 0 aliphatic carbocycles. The van der Waals surface area contributed by atoms with Crippen LogP contribution in [0.4, 0.5) is 0 Å². The van der Waals surface area contributed by atoms with E-state index in [-0.39, 0.29) is 24.4 Å². The number of piperazine rings is 1. The molecule has 1 N–H and O–H groups in total. The van der Waals surface area contributed by atoms with E-state index in [2.05, 4.69) is 0 Å². The van der Waals surface area contributed by atoms with E-state index in [0.717, 1.165) is 22.3 Å². The molecule has 2 bridgehead atoms. The number of hydrogen-bond acceptors (Lipinski definition) is 4. The Kier molecular flexibility index (Phi) is 7.97. The number of carboxylic acids is 1. The average molecular weight is 575 g/mol. The summed E-state index contributed by atoms with van der Waals surface area (Å²) in [5.41, 5.74) is 3.24. The number of carboxylic acid groups (broad SMARTS) is 1. The predicted molar refractivity (Wildman–Crippen MR) is 163 cm³/mol. The van der Waals surface area contributed by atoms with E-state index in [1.165, 1.54) is 4.90 Å². The van der Waals surface area contributed by atoms with Gasteiger partial charge < -0.3 is 19.6 Å². The zero-order chi connectivity index (χ0) is 29.9. The van der Waals surface area contributed by atoms with Crippen LogP contribution in [0.2, 0.25) is 0 Å². The average Bonchev–Trinajstić information content (AvgIpc) is 3.35. The molecule has 4 aromatic rings. The molecule has 0 aromatic heterocycles. The Morgan fingerprint density at radius 1 is 0.674 bits per heavy atom. The van der Waals surface area contributed by atoms with Crippen molar-refractivity contribution in [3.05, 3.63) is 138 Å². The summed E-state index contributed by atoms with van der Waals surface area (Å²) in [6.45, 7) is 0.161. The first-order chi connectivity index (χ1) is 21.0. The zero-order valence-corrected chi connectivity index (χ0v) is 24.0. The Bertz CT molecular complexity index is 1540. The Morgan fingerprint density at radius 2 is 1.14 bits per heavy atom. The van der Waals surface area contributed by atoms with E-state index >= 15 is 0 Å². The predicted octanol–water partition coefficient (Wildman–Crippen LogP) is 5.31. The molecule has 7 heteroatoms. The smallest absolute Gasteiger partial charge is 0.328 e. The van der Waals surface area contributed by atoms with Crippen LogP contribution in [0.5, 0.6) is 5.75 Å². The molecule has 1 unspecified atom stereocenters. The third kappa shape index (κ3) is 5.39. The summed E-state index contributed by atoms with van der Waals surface area (Å²) < 4.78 is 5.32. The van der Waals surface area contributed by atoms with Crippen LogP contribution < -0.4 is 4.74 Å². The van der Waals surface area contributed by atoms with Crippen molar-refractivity contribution in [3.63, 3.8) is 0 Å². The molecule has 2 fully saturated rings. The number of aliphatic carboxylic acids is 1. The lowest BCUT2D eigenvalue weighted by Gasteiger charge is -2.47. The fourth-order valence-corrected chi connectivity index (χ4v) is 6.82. The van der Waals surface area contributed by atoms with E-state index in [9.17, 15) is 19.5 Å². The van der Waals surface area contributed by atoms with Crippen molar-refractivity contribution in [2.24, 2.45) is 0 Å². The quantitative estimate of drug-likeness (QED) is 0.308. The summed E-state index contributed by atoms with van der Waals surface area (Å²) in [5.74, 6) is -2.11. The summed E-state index contributed by atoms with van der Waals surface area (Å²) in [7, 11) is 1.59. The van der Waals surface area contributed by atoms with Crippen LogP contribution in [-0.2, 0) is 14.4 Å². The van der Waals surface area contributed by atoms with Gasteiger partial charge >= 0.3 is 5.97 Å². The number of methoxy groups -OCH3 is 1. The molecule has 4 atom stereocenters. The van der Waals surface area contributed by atoms with E-state index in [4.69, 9.17) is 4.74 Å². The number of amides is 2. The number of carbonyl (C=O) groups is 3. The van der Waals surface area contributed by atoms with Gasteiger partial charge in [-0.1, -0.05) is 103 Å². The van der Waals surface area contributed by atoms with Gasteiger partial charge in [0.15, 0.2) is 0 Å². The van der Waals surface area contributed by atoms with E-state index in [1.807, 2.05) is 103 Å². The Balaban J connectivity index is 1.36. The maximum atomic E-state index is 14.5. The van der Waals surface area contributed by atoms with Crippen LogP contribution in [0.15, 0.2) is 115 Å². The van der Waals surface area contributed by atoms with Gasteiger partial charge in [0.2, 0.25) is 11.8 Å². The van der Waals surface area contributed by atoms with Gasteiger partial charge in [-0.25, -0.2) is 4.79 Å². The van der Waals surface area contributed by atoms with Gasteiger partial charge in [0, 0.05) is 12.6 Å². The molecule has 2 aliphatic heterocycles. The minimum Gasteiger partial charge on any atom is -0.497 e. The summed E-state index contributed by atoms with van der Waals surface area (Å²) in [6.07, 6.45) is 1.16. The highest BCUT2D eigenvalue weighted by Gasteiger charge is 2.54. The van der Waals surface area contributed by atoms with Crippen molar-refractivity contribution in [2.75, 3.05) is 13.7 Å². The standard InChI is InChI=1S/C36H34N2O5/c1-43-29-20-17-27(18-21-29)31(24-11-5-2-6-12-24)34(39)37-23-28-19-22-30(33(37)36(41)42)38(28)35(40)32(25-13-7-3-8-14-25)26-15-9-4-10-16-26/h2-18,20-21,28,30-33H,19,22-23H2,1H3,(H,41,42)/t28-,30+,31?,33-/m0/s1. The van der Waals surface area contributed by atoms with Crippen molar-refractivity contribution >= 4 is 17.8 Å². The number of ether oxygens (including phenoxy) is 1. The van der Waals surface area contributed by atoms with Crippen molar-refractivity contribution < 1.29 is 24.2 Å². The zero-order valence-electron chi connectivity index (χ0n) is 24.0. The molecular weight excluding hydrogens is 540 g/mol. The first-order valence-electron chi connectivity index (χ1n) is 14.6. The lowest BCUT2D eigenvalue weighted by molar-refractivity contribution is -0.161. The molecule has 2 saturated heterocycles. The highest BCUT2D eigenvalue weighted by Crippen LogP contribution is 2.40. The third-order valence-corrected chi connectivity index (χ3v) is 8.79. The molecule has 2 heterocycles. The van der Waals surface area contributed by atoms with E-state index in [1.54, 1.807) is 24.1 Å². The number of likely N-dealkylation sites (tertiary alicyclic amines) is 1. The summed E-state index contributed by atoms with van der Waals surface area (Å²) in [6, 6.07) is 33.9. The monoisotopic (exact) mass is 574 g/mol. The Morgan fingerprint density at radius 3 is 1.60 bits per heavy atom. The summed E-state index contributed by atoms with van der Waals surface area (Å²) in [5, 5.41) is 10.6. The molecule has 43 heavy (non-hydrogen) atoms. The van der Waals surface area contributed by atoms with Crippen molar-refractivity contribution in [3.8, 4) is 5.75 Å². The van der Waals surface area contributed by atoms with Gasteiger partial charge in [-0.15, -0.1) is 0 Å². The molecule has 6 rings (SSSR count). The Hall–Kier alpha value is -4.91. The van der Waals surface area contributed by atoms with Gasteiger partial charge in [-0.3, -0.25) is 9.59 Å². The van der Waals surface area contributed by atoms with Crippen molar-refractivity contribution in [1.29, 1.82) is 0 Å².